The second kappa shape index (κ2) is 21.0. The highest BCUT2D eigenvalue weighted by molar-refractivity contribution is 5.92. The van der Waals surface area contributed by atoms with Crippen LogP contribution in [0.4, 0.5) is 37.7 Å². The summed E-state index contributed by atoms with van der Waals surface area (Å²) in [6.45, 7) is 13.7. The van der Waals surface area contributed by atoms with E-state index in [4.69, 9.17) is 10.8 Å². The molecule has 4 atom stereocenters. The number of hydrogen-bond acceptors (Lipinski definition) is 5. The van der Waals surface area contributed by atoms with Crippen LogP contribution in [0, 0.1) is 11.8 Å². The molecule has 0 saturated heterocycles. The molecule has 312 valence electrons. The number of anilines is 2. The predicted molar refractivity (Wildman–Crippen MR) is 216 cm³/mol. The number of carboxylic acid groups (broad SMARTS) is 1. The molecule has 0 bridgehead atoms. The smallest absolute Gasteiger partial charge is 0.407 e. The van der Waals surface area contributed by atoms with Crippen LogP contribution >= 0.6 is 0 Å². The van der Waals surface area contributed by atoms with E-state index in [-0.39, 0.29) is 28.9 Å². The fourth-order valence-electron chi connectivity index (χ4n) is 5.40. The van der Waals surface area contributed by atoms with Crippen molar-refractivity contribution >= 4 is 23.3 Å². The fraction of sp³-hybridized carbons (Fsp3) is 0.409. The van der Waals surface area contributed by atoms with Crippen LogP contribution in [0.3, 0.4) is 0 Å². The zero-order valence-electron chi connectivity index (χ0n) is 33.7. The number of nitrogens with two attached hydrogens (primary N) is 1. The van der Waals surface area contributed by atoms with Gasteiger partial charge in [0.1, 0.15) is 12.1 Å². The molecule has 4 aromatic rings. The normalized spacial score (nSPS) is 14.1. The zero-order valence-corrected chi connectivity index (χ0v) is 33.7. The van der Waals surface area contributed by atoms with E-state index in [0.717, 1.165) is 11.1 Å². The van der Waals surface area contributed by atoms with Crippen molar-refractivity contribution in [3.63, 3.8) is 0 Å². The maximum atomic E-state index is 13.4. The Morgan fingerprint density at radius 3 is 1.26 bits per heavy atom. The predicted octanol–water partition coefficient (Wildman–Crippen LogP) is 10.7. The average Bonchev–Trinajstić information content (AvgIpc) is 3.10. The van der Waals surface area contributed by atoms with Crippen LogP contribution in [0.5, 0.6) is 0 Å². The van der Waals surface area contributed by atoms with Crippen LogP contribution in [0.25, 0.3) is 0 Å². The standard InChI is InChI=1S/C22H27F3N2O.C12H17F3N2.C10H12O2/c1-15(14-16-8-6-5-7-9-16)20(28)26-18-12-10-17(11-13-18)19(22(23,24)25)27-21(2,3)4;1-11(2,3)17-10(12(13,14)15)8-4-6-9(16)7-5-8;1-8(10(11)12)7-9-5-3-2-4-6-9/h5-13,15,19,27H,14H2,1-4H3,(H,26,28);4-7,10,17H,16H2,1-3H3;2-6,8H,7H2,1H3,(H,11,12)/t15-,19?;;8-/m0.0/s1. The topological polar surface area (TPSA) is 116 Å². The number of nitrogen functional groups attached to an aromatic ring is 1. The number of benzene rings is 4. The quantitative estimate of drug-likeness (QED) is 0.0762. The van der Waals surface area contributed by atoms with Crippen molar-refractivity contribution in [3.8, 4) is 0 Å². The lowest BCUT2D eigenvalue weighted by Gasteiger charge is -2.30. The maximum absolute atomic E-state index is 13.4. The van der Waals surface area contributed by atoms with Gasteiger partial charge in [0, 0.05) is 28.4 Å². The molecule has 1 amide bonds. The Bertz CT molecular complexity index is 1790. The number of aliphatic carboxylic acids is 1. The molecule has 7 nitrogen and oxygen atoms in total. The first kappa shape index (κ1) is 48.3. The van der Waals surface area contributed by atoms with E-state index in [2.05, 4.69) is 16.0 Å². The molecule has 0 fully saturated rings. The molecule has 0 heterocycles. The Labute approximate surface area is 332 Å². The minimum atomic E-state index is -4.41. The first-order valence-corrected chi connectivity index (χ1v) is 18.5. The van der Waals surface area contributed by atoms with Crippen molar-refractivity contribution < 1.29 is 41.0 Å². The summed E-state index contributed by atoms with van der Waals surface area (Å²) >= 11 is 0. The number of amides is 1. The van der Waals surface area contributed by atoms with Gasteiger partial charge in [-0.05, 0) is 101 Å². The van der Waals surface area contributed by atoms with Gasteiger partial charge in [-0.25, -0.2) is 0 Å². The van der Waals surface area contributed by atoms with Gasteiger partial charge < -0.3 is 16.2 Å². The molecule has 0 aliphatic carbocycles. The molecule has 0 spiro atoms. The van der Waals surface area contributed by atoms with Gasteiger partial charge in [0.15, 0.2) is 0 Å². The zero-order chi connectivity index (χ0) is 43.2. The maximum Gasteiger partial charge on any atom is 0.407 e. The minimum absolute atomic E-state index is 0.109. The molecule has 4 aromatic carbocycles. The number of carbonyl (C=O) groups is 2. The molecular formula is C44H56F6N4O3. The van der Waals surface area contributed by atoms with Gasteiger partial charge in [-0.2, -0.15) is 26.3 Å². The summed E-state index contributed by atoms with van der Waals surface area (Å²) in [6, 6.07) is 27.4. The van der Waals surface area contributed by atoms with Crippen LogP contribution in [0.15, 0.2) is 109 Å². The van der Waals surface area contributed by atoms with Crippen LogP contribution < -0.4 is 21.7 Å². The van der Waals surface area contributed by atoms with E-state index in [1.54, 1.807) is 48.5 Å². The van der Waals surface area contributed by atoms with Gasteiger partial charge in [0.05, 0.1) is 5.92 Å². The summed E-state index contributed by atoms with van der Waals surface area (Å²) in [4.78, 5) is 22.9. The molecule has 0 radical (unpaired) electrons. The average molecular weight is 803 g/mol. The molecule has 0 aromatic heterocycles. The molecule has 13 heteroatoms. The van der Waals surface area contributed by atoms with Crippen molar-refractivity contribution in [2.75, 3.05) is 11.1 Å². The van der Waals surface area contributed by atoms with Crippen LogP contribution in [-0.2, 0) is 22.4 Å². The van der Waals surface area contributed by atoms with Crippen molar-refractivity contribution in [2.24, 2.45) is 11.8 Å². The first-order valence-electron chi connectivity index (χ1n) is 18.5. The highest BCUT2D eigenvalue weighted by Gasteiger charge is 2.43. The van der Waals surface area contributed by atoms with E-state index in [0.29, 0.717) is 24.2 Å². The Balaban J connectivity index is 0.000000327. The Kier molecular flexibility index (Phi) is 17.8. The second-order valence-electron chi connectivity index (χ2n) is 16.0. The SMILES string of the molecule is CC(C)(C)NC(c1ccc(N)cc1)C(F)(F)F.C[C@@H](Cc1ccccc1)C(=O)Nc1ccc(C(NC(C)(C)C)C(F)(F)F)cc1.C[C@@H](Cc1ccccc1)C(=O)O. The van der Waals surface area contributed by atoms with Crippen molar-refractivity contribution in [1.29, 1.82) is 0 Å². The van der Waals surface area contributed by atoms with Gasteiger partial charge in [-0.1, -0.05) is 98.8 Å². The van der Waals surface area contributed by atoms with Gasteiger partial charge in [0.2, 0.25) is 5.91 Å². The number of carboxylic acids is 1. The minimum Gasteiger partial charge on any atom is -0.481 e. The van der Waals surface area contributed by atoms with Crippen LogP contribution in [0.1, 0.15) is 89.7 Å². The summed E-state index contributed by atoms with van der Waals surface area (Å²) in [6.07, 6.45) is -7.54. The molecule has 0 aliphatic heterocycles. The monoisotopic (exact) mass is 802 g/mol. The lowest BCUT2D eigenvalue weighted by atomic mass is 9.99. The summed E-state index contributed by atoms with van der Waals surface area (Å²) in [7, 11) is 0. The molecule has 0 saturated carbocycles. The fourth-order valence-corrected chi connectivity index (χ4v) is 5.40. The van der Waals surface area contributed by atoms with E-state index < -0.39 is 41.5 Å². The van der Waals surface area contributed by atoms with Crippen LogP contribution in [0.2, 0.25) is 0 Å². The van der Waals surface area contributed by atoms with Crippen LogP contribution in [-0.4, -0.2) is 40.4 Å². The van der Waals surface area contributed by atoms with Crippen molar-refractivity contribution in [3.05, 3.63) is 131 Å². The van der Waals surface area contributed by atoms with Gasteiger partial charge >= 0.3 is 18.3 Å². The van der Waals surface area contributed by atoms with Gasteiger partial charge in [-0.15, -0.1) is 0 Å². The molecule has 6 N–H and O–H groups in total. The van der Waals surface area contributed by atoms with E-state index in [1.165, 1.54) is 48.5 Å². The van der Waals surface area contributed by atoms with Crippen molar-refractivity contribution in [2.45, 2.75) is 104 Å². The van der Waals surface area contributed by atoms with Gasteiger partial charge in [0.25, 0.3) is 0 Å². The Morgan fingerprint density at radius 1 is 0.579 bits per heavy atom. The summed E-state index contributed by atoms with van der Waals surface area (Å²) in [5.41, 5.74) is 7.48. The summed E-state index contributed by atoms with van der Waals surface area (Å²) < 4.78 is 79.1. The molecule has 57 heavy (non-hydrogen) atoms. The van der Waals surface area contributed by atoms with E-state index >= 15 is 0 Å². The number of hydrogen-bond donors (Lipinski definition) is 5. The number of halogens is 6. The number of nitrogens with one attached hydrogen (secondary N) is 3. The largest absolute Gasteiger partial charge is 0.481 e. The molecule has 0 aliphatic rings. The van der Waals surface area contributed by atoms with E-state index in [9.17, 15) is 35.9 Å². The number of alkyl halides is 6. The van der Waals surface area contributed by atoms with Gasteiger partial charge in [-0.3, -0.25) is 20.2 Å². The molecular weight excluding hydrogens is 746 g/mol. The molecule has 4 rings (SSSR count). The highest BCUT2D eigenvalue weighted by Crippen LogP contribution is 2.36. The Hall–Kier alpha value is -4.88. The highest BCUT2D eigenvalue weighted by atomic mass is 19.4. The van der Waals surface area contributed by atoms with E-state index in [1.807, 2.05) is 67.6 Å². The van der Waals surface area contributed by atoms with Crippen molar-refractivity contribution in [1.82, 2.24) is 10.6 Å². The third-order valence-electron chi connectivity index (χ3n) is 8.23. The third-order valence-corrected chi connectivity index (χ3v) is 8.23. The summed E-state index contributed by atoms with van der Waals surface area (Å²) in [5, 5.41) is 16.6. The first-order chi connectivity index (χ1) is 26.2. The summed E-state index contributed by atoms with van der Waals surface area (Å²) in [5.74, 6) is -1.46. The number of rotatable bonds is 11. The third kappa shape index (κ3) is 18.7. The number of carbonyl (C=O) groups excluding carboxylic acids is 1. The lowest BCUT2D eigenvalue weighted by molar-refractivity contribution is -0.162. The lowest BCUT2D eigenvalue weighted by Crippen LogP contribution is -2.45. The second-order valence-corrected chi connectivity index (χ2v) is 16.0. The molecule has 2 unspecified atom stereocenters. The Morgan fingerprint density at radius 2 is 0.930 bits per heavy atom.